The zero-order valence-electron chi connectivity index (χ0n) is 14.9. The molecule has 2 heterocycles. The first-order valence-corrected chi connectivity index (χ1v) is 9.29. The molecule has 138 valence electrons. The van der Waals surface area contributed by atoms with E-state index in [2.05, 4.69) is 17.4 Å². The van der Waals surface area contributed by atoms with Gasteiger partial charge in [0.2, 0.25) is 0 Å². The van der Waals surface area contributed by atoms with Crippen LogP contribution in [0.25, 0.3) is 0 Å². The number of hydrogen-bond donors (Lipinski definition) is 1. The highest BCUT2D eigenvalue weighted by atomic mass is 16.6. The monoisotopic (exact) mass is 355 g/mol. The molecule has 2 aliphatic rings. The van der Waals surface area contributed by atoms with Gasteiger partial charge in [-0.2, -0.15) is 0 Å². The largest absolute Gasteiger partial charge is 0.489 e. The van der Waals surface area contributed by atoms with Crippen molar-refractivity contribution in [1.82, 2.24) is 5.32 Å². The van der Waals surface area contributed by atoms with Gasteiger partial charge in [-0.1, -0.05) is 18.2 Å². The van der Waals surface area contributed by atoms with Gasteiger partial charge >= 0.3 is 0 Å². The van der Waals surface area contributed by atoms with E-state index in [1.807, 2.05) is 30.3 Å². The van der Waals surface area contributed by atoms with Crippen molar-refractivity contribution in [1.29, 1.82) is 0 Å². The van der Waals surface area contributed by atoms with Crippen LogP contribution in [-0.4, -0.2) is 32.5 Å². The highest BCUT2D eigenvalue weighted by Crippen LogP contribution is 2.31. The summed E-state index contributed by atoms with van der Waals surface area (Å²) in [5, 5.41) is 3.46. The van der Waals surface area contributed by atoms with Crippen molar-refractivity contribution in [2.75, 3.05) is 26.4 Å². The summed E-state index contributed by atoms with van der Waals surface area (Å²) in [4.78, 5) is 0. The minimum absolute atomic E-state index is 0.378. The van der Waals surface area contributed by atoms with E-state index in [0.29, 0.717) is 25.9 Å². The second kappa shape index (κ2) is 8.43. The number of rotatable bonds is 7. The third-order valence-corrected chi connectivity index (χ3v) is 4.66. The maximum absolute atomic E-state index is 5.89. The highest BCUT2D eigenvalue weighted by Gasteiger charge is 2.14. The number of hydrogen-bond acceptors (Lipinski definition) is 5. The van der Waals surface area contributed by atoms with Gasteiger partial charge in [-0.05, 0) is 48.2 Å². The van der Waals surface area contributed by atoms with Crippen molar-refractivity contribution in [3.05, 3.63) is 53.6 Å². The molecular weight excluding hydrogens is 330 g/mol. The van der Waals surface area contributed by atoms with Gasteiger partial charge < -0.3 is 24.3 Å². The first-order chi connectivity index (χ1) is 12.9. The lowest BCUT2D eigenvalue weighted by Crippen LogP contribution is -2.25. The fraction of sp³-hybridized carbons (Fsp3) is 0.429. The van der Waals surface area contributed by atoms with Gasteiger partial charge in [-0.15, -0.1) is 0 Å². The summed E-state index contributed by atoms with van der Waals surface area (Å²) in [6, 6.07) is 14.2. The summed E-state index contributed by atoms with van der Waals surface area (Å²) in [6.07, 6.45) is 2.73. The van der Waals surface area contributed by atoms with Gasteiger partial charge in [-0.3, -0.25) is 0 Å². The molecule has 0 unspecified atom stereocenters. The van der Waals surface area contributed by atoms with Crippen LogP contribution in [0.3, 0.4) is 0 Å². The molecule has 2 aliphatic heterocycles. The number of benzene rings is 2. The van der Waals surface area contributed by atoms with Crippen LogP contribution in [0.1, 0.15) is 24.0 Å². The van der Waals surface area contributed by atoms with Crippen LogP contribution in [0, 0.1) is 0 Å². The zero-order chi connectivity index (χ0) is 17.6. The molecule has 26 heavy (non-hydrogen) atoms. The molecular formula is C21H25NO4. The normalized spacial score (nSPS) is 18.7. The van der Waals surface area contributed by atoms with Crippen LogP contribution in [0.5, 0.6) is 17.2 Å². The molecule has 1 N–H and O–H groups in total. The van der Waals surface area contributed by atoms with Crippen LogP contribution in [0.2, 0.25) is 0 Å². The Kier molecular flexibility index (Phi) is 5.57. The first-order valence-electron chi connectivity index (χ1n) is 9.29. The third-order valence-electron chi connectivity index (χ3n) is 4.66. The van der Waals surface area contributed by atoms with Gasteiger partial charge in [0.25, 0.3) is 0 Å². The van der Waals surface area contributed by atoms with E-state index in [0.717, 1.165) is 42.5 Å². The molecule has 0 bridgehead atoms. The molecule has 4 rings (SSSR count). The van der Waals surface area contributed by atoms with E-state index in [9.17, 15) is 0 Å². The predicted molar refractivity (Wildman–Crippen MR) is 98.9 cm³/mol. The molecule has 5 nitrogen and oxygen atoms in total. The topological polar surface area (TPSA) is 49.0 Å². The maximum Gasteiger partial charge on any atom is 0.161 e. The molecule has 0 saturated carbocycles. The predicted octanol–water partition coefficient (Wildman–Crippen LogP) is 3.31. The molecule has 0 amide bonds. The van der Waals surface area contributed by atoms with E-state index in [1.165, 1.54) is 18.4 Å². The summed E-state index contributed by atoms with van der Waals surface area (Å²) in [7, 11) is 0. The van der Waals surface area contributed by atoms with Crippen molar-refractivity contribution >= 4 is 0 Å². The fourth-order valence-corrected chi connectivity index (χ4v) is 3.23. The average Bonchev–Trinajstić information content (AvgIpc) is 3.21. The van der Waals surface area contributed by atoms with E-state index in [4.69, 9.17) is 18.9 Å². The van der Waals surface area contributed by atoms with Crippen molar-refractivity contribution in [2.45, 2.75) is 32.1 Å². The lowest BCUT2D eigenvalue weighted by atomic mass is 10.2. The Morgan fingerprint density at radius 3 is 2.54 bits per heavy atom. The summed E-state index contributed by atoms with van der Waals surface area (Å²) in [5.41, 5.74) is 2.31. The number of nitrogens with one attached hydrogen (secondary N) is 1. The van der Waals surface area contributed by atoms with E-state index in [1.54, 1.807) is 0 Å². The Morgan fingerprint density at radius 1 is 0.923 bits per heavy atom. The Labute approximate surface area is 154 Å². The van der Waals surface area contributed by atoms with E-state index < -0.39 is 0 Å². The number of ether oxygens (including phenoxy) is 4. The minimum atomic E-state index is 0.378. The minimum Gasteiger partial charge on any atom is -0.489 e. The quantitative estimate of drug-likeness (QED) is 0.826. The van der Waals surface area contributed by atoms with Crippen LogP contribution < -0.4 is 19.5 Å². The average molecular weight is 355 g/mol. The van der Waals surface area contributed by atoms with E-state index >= 15 is 0 Å². The third kappa shape index (κ3) is 4.48. The van der Waals surface area contributed by atoms with E-state index in [-0.39, 0.29) is 0 Å². The molecule has 2 aromatic carbocycles. The zero-order valence-corrected chi connectivity index (χ0v) is 14.9. The Balaban J connectivity index is 1.24. The fourth-order valence-electron chi connectivity index (χ4n) is 3.23. The van der Waals surface area contributed by atoms with Crippen LogP contribution in [0.4, 0.5) is 0 Å². The van der Waals surface area contributed by atoms with Gasteiger partial charge in [0.15, 0.2) is 11.5 Å². The molecule has 1 saturated heterocycles. The molecule has 1 fully saturated rings. The Hall–Kier alpha value is -2.24. The van der Waals surface area contributed by atoms with Crippen molar-refractivity contribution in [3.8, 4) is 17.2 Å². The van der Waals surface area contributed by atoms with Crippen molar-refractivity contribution in [3.63, 3.8) is 0 Å². The summed E-state index contributed by atoms with van der Waals surface area (Å²) in [6.45, 7) is 4.39. The van der Waals surface area contributed by atoms with Crippen molar-refractivity contribution in [2.24, 2.45) is 0 Å². The SMILES string of the molecule is c1cc(OCc2ccc3c(c2)OCCO3)ccc1CNC[C@H]1CCCO1. The lowest BCUT2D eigenvalue weighted by molar-refractivity contribution is 0.110. The maximum atomic E-state index is 5.89. The lowest BCUT2D eigenvalue weighted by Gasteiger charge is -2.19. The van der Waals surface area contributed by atoms with Gasteiger partial charge in [0.05, 0.1) is 6.10 Å². The molecule has 5 heteroatoms. The van der Waals surface area contributed by atoms with Crippen molar-refractivity contribution < 1.29 is 18.9 Å². The summed E-state index contributed by atoms with van der Waals surface area (Å²) in [5.74, 6) is 2.47. The standard InChI is InChI=1S/C21H25NO4/c1-2-19(23-9-1)14-22-13-16-3-6-18(7-4-16)26-15-17-5-8-20-21(12-17)25-11-10-24-20/h3-8,12,19,22H,1-2,9-11,13-15H2/t19-/m1/s1. The molecule has 0 aliphatic carbocycles. The first kappa shape index (κ1) is 17.2. The Bertz CT molecular complexity index is 710. The smallest absolute Gasteiger partial charge is 0.161 e. The molecule has 2 aromatic rings. The van der Waals surface area contributed by atoms with Crippen LogP contribution in [0.15, 0.2) is 42.5 Å². The van der Waals surface area contributed by atoms with Gasteiger partial charge in [0.1, 0.15) is 25.6 Å². The second-order valence-electron chi connectivity index (χ2n) is 6.68. The second-order valence-corrected chi connectivity index (χ2v) is 6.68. The summed E-state index contributed by atoms with van der Waals surface area (Å²) < 4.78 is 22.7. The molecule has 0 radical (unpaired) electrons. The van der Waals surface area contributed by atoms with Gasteiger partial charge in [0, 0.05) is 19.7 Å². The Morgan fingerprint density at radius 2 is 1.73 bits per heavy atom. The highest BCUT2D eigenvalue weighted by molar-refractivity contribution is 5.43. The van der Waals surface area contributed by atoms with Crippen LogP contribution in [-0.2, 0) is 17.9 Å². The van der Waals surface area contributed by atoms with Gasteiger partial charge in [-0.25, -0.2) is 0 Å². The molecule has 1 atom stereocenters. The summed E-state index contributed by atoms with van der Waals surface area (Å²) >= 11 is 0. The van der Waals surface area contributed by atoms with Crippen LogP contribution >= 0.6 is 0 Å². The molecule has 0 aromatic heterocycles. The number of fused-ring (bicyclic) bond motifs is 1. The molecule has 0 spiro atoms.